The number of hydrogen-bond donors (Lipinski definition) is 0. The molecule has 0 spiro atoms. The van der Waals surface area contributed by atoms with Crippen LogP contribution in [0.5, 0.6) is 0 Å². The number of imide groups is 1. The van der Waals surface area contributed by atoms with Gasteiger partial charge < -0.3 is 14.5 Å². The largest absolute Gasteiger partial charge is 0.378 e. The highest BCUT2D eigenvalue weighted by molar-refractivity contribution is 6.21. The Morgan fingerprint density at radius 2 is 1.77 bits per heavy atom. The van der Waals surface area contributed by atoms with Crippen molar-refractivity contribution in [3.8, 4) is 0 Å². The summed E-state index contributed by atoms with van der Waals surface area (Å²) in [6.45, 7) is 1.64. The van der Waals surface area contributed by atoms with Crippen LogP contribution in [0, 0.1) is 0 Å². The van der Waals surface area contributed by atoms with E-state index in [0.717, 1.165) is 29.0 Å². The first kappa shape index (κ1) is 21.1. The summed E-state index contributed by atoms with van der Waals surface area (Å²) in [5.41, 5.74) is 3.13. The molecule has 1 fully saturated rings. The van der Waals surface area contributed by atoms with Crippen LogP contribution < -0.4 is 4.90 Å². The molecule has 2 heterocycles. The zero-order valence-electron chi connectivity index (χ0n) is 18.1. The van der Waals surface area contributed by atoms with Gasteiger partial charge in [0.2, 0.25) is 0 Å². The lowest BCUT2D eigenvalue weighted by Crippen LogP contribution is -2.37. The highest BCUT2D eigenvalue weighted by Crippen LogP contribution is 2.25. The second-order valence-electron chi connectivity index (χ2n) is 8.31. The molecular formula is C24H27N3O4. The van der Waals surface area contributed by atoms with Gasteiger partial charge in [-0.1, -0.05) is 12.1 Å². The summed E-state index contributed by atoms with van der Waals surface area (Å²) in [7, 11) is 5.42. The lowest BCUT2D eigenvalue weighted by molar-refractivity contribution is 0.0507. The Balaban J connectivity index is 1.59. The van der Waals surface area contributed by atoms with Crippen LogP contribution >= 0.6 is 0 Å². The Hall–Kier alpha value is -3.19. The number of carbonyl (C=O) groups excluding carboxylic acids is 3. The molecule has 0 saturated carbocycles. The molecule has 2 aliphatic rings. The smallest absolute Gasteiger partial charge is 0.261 e. The first-order valence-corrected chi connectivity index (χ1v) is 10.5. The molecule has 0 aromatic heterocycles. The molecule has 2 aliphatic heterocycles. The molecule has 0 radical (unpaired) electrons. The normalized spacial score (nSPS) is 17.8. The van der Waals surface area contributed by atoms with E-state index in [9.17, 15) is 14.4 Å². The van der Waals surface area contributed by atoms with Crippen LogP contribution in [0.15, 0.2) is 42.5 Å². The second-order valence-corrected chi connectivity index (χ2v) is 8.31. The fourth-order valence-electron chi connectivity index (χ4n) is 4.05. The summed E-state index contributed by atoms with van der Waals surface area (Å²) in [4.78, 5) is 42.8. The summed E-state index contributed by atoms with van der Waals surface area (Å²) >= 11 is 0. The van der Waals surface area contributed by atoms with E-state index >= 15 is 0 Å². The minimum Gasteiger partial charge on any atom is -0.378 e. The molecule has 7 nitrogen and oxygen atoms in total. The van der Waals surface area contributed by atoms with Gasteiger partial charge in [0, 0.05) is 52.1 Å². The molecule has 1 saturated heterocycles. The van der Waals surface area contributed by atoms with Gasteiger partial charge in [0.05, 0.1) is 17.2 Å². The van der Waals surface area contributed by atoms with Crippen LogP contribution in [0.2, 0.25) is 0 Å². The van der Waals surface area contributed by atoms with Crippen LogP contribution in [-0.4, -0.2) is 67.9 Å². The minimum atomic E-state index is -0.375. The van der Waals surface area contributed by atoms with Gasteiger partial charge in [0.25, 0.3) is 17.7 Å². The Morgan fingerprint density at radius 3 is 2.42 bits per heavy atom. The zero-order valence-corrected chi connectivity index (χ0v) is 18.1. The van der Waals surface area contributed by atoms with Crippen LogP contribution in [0.1, 0.15) is 49.5 Å². The molecule has 162 valence electrons. The average Bonchev–Trinajstić information content (AvgIpc) is 3.36. The second kappa shape index (κ2) is 8.51. The van der Waals surface area contributed by atoms with Crippen molar-refractivity contribution < 1.29 is 19.1 Å². The summed E-state index contributed by atoms with van der Waals surface area (Å²) in [6.07, 6.45) is 1.92. The van der Waals surface area contributed by atoms with Crippen LogP contribution in [0.4, 0.5) is 5.69 Å². The number of rotatable bonds is 6. The molecule has 31 heavy (non-hydrogen) atoms. The summed E-state index contributed by atoms with van der Waals surface area (Å²) < 4.78 is 5.77. The molecule has 3 amide bonds. The molecule has 4 rings (SSSR count). The Kier molecular flexibility index (Phi) is 5.78. The third kappa shape index (κ3) is 4.18. The molecule has 2 aromatic rings. The molecule has 0 N–H and O–H groups in total. The van der Waals surface area contributed by atoms with Crippen molar-refractivity contribution in [1.82, 2.24) is 9.80 Å². The maximum absolute atomic E-state index is 13.4. The maximum atomic E-state index is 13.4. The highest BCUT2D eigenvalue weighted by atomic mass is 16.5. The topological polar surface area (TPSA) is 70.2 Å². The lowest BCUT2D eigenvalue weighted by atomic mass is 10.0. The van der Waals surface area contributed by atoms with Crippen molar-refractivity contribution in [3.05, 3.63) is 64.7 Å². The number of carbonyl (C=O) groups is 3. The number of anilines is 1. The van der Waals surface area contributed by atoms with Crippen molar-refractivity contribution in [2.75, 3.05) is 39.2 Å². The van der Waals surface area contributed by atoms with Gasteiger partial charge in [-0.25, -0.2) is 0 Å². The van der Waals surface area contributed by atoms with E-state index in [-0.39, 0.29) is 29.4 Å². The average molecular weight is 421 g/mol. The Morgan fingerprint density at radius 1 is 1.06 bits per heavy atom. The molecular weight excluding hydrogens is 394 g/mol. The van der Waals surface area contributed by atoms with Gasteiger partial charge in [-0.2, -0.15) is 0 Å². The maximum Gasteiger partial charge on any atom is 0.261 e. The number of fused-ring (bicyclic) bond motifs is 1. The van der Waals surface area contributed by atoms with Gasteiger partial charge >= 0.3 is 0 Å². The SMILES string of the molecule is CN1C(=O)c2ccc(C(=O)N(Cc3ccc(N(C)C)cc3)CC3CCCO3)cc2C1=O. The van der Waals surface area contributed by atoms with E-state index < -0.39 is 0 Å². The molecule has 1 unspecified atom stereocenters. The molecule has 7 heteroatoms. The summed E-state index contributed by atoms with van der Waals surface area (Å²) in [5.74, 6) is -0.888. The van der Waals surface area contributed by atoms with Crippen molar-refractivity contribution in [1.29, 1.82) is 0 Å². The first-order valence-electron chi connectivity index (χ1n) is 10.5. The van der Waals surface area contributed by atoms with Crippen LogP contribution in [0.3, 0.4) is 0 Å². The minimum absolute atomic E-state index is 0.00812. The Bertz CT molecular complexity index is 1010. The molecule has 1 atom stereocenters. The number of amides is 3. The summed E-state index contributed by atoms with van der Waals surface area (Å²) in [6, 6.07) is 12.8. The number of nitrogens with zero attached hydrogens (tertiary/aromatic N) is 3. The first-order chi connectivity index (χ1) is 14.8. The third-order valence-corrected chi connectivity index (χ3v) is 5.90. The van der Waals surface area contributed by atoms with Crippen LogP contribution in [-0.2, 0) is 11.3 Å². The molecule has 0 aliphatic carbocycles. The lowest BCUT2D eigenvalue weighted by Gasteiger charge is -2.26. The quantitative estimate of drug-likeness (QED) is 0.671. The van der Waals surface area contributed by atoms with Crippen molar-refractivity contribution in [3.63, 3.8) is 0 Å². The van der Waals surface area contributed by atoms with Crippen molar-refractivity contribution >= 4 is 23.4 Å². The van der Waals surface area contributed by atoms with E-state index in [1.165, 1.54) is 7.05 Å². The van der Waals surface area contributed by atoms with E-state index in [1.807, 2.05) is 43.3 Å². The fourth-order valence-corrected chi connectivity index (χ4v) is 4.05. The summed E-state index contributed by atoms with van der Waals surface area (Å²) in [5, 5.41) is 0. The predicted octanol–water partition coefficient (Wildman–Crippen LogP) is 2.80. The van der Waals surface area contributed by atoms with E-state index in [0.29, 0.717) is 30.8 Å². The van der Waals surface area contributed by atoms with Gasteiger partial charge in [-0.3, -0.25) is 19.3 Å². The number of hydrogen-bond acceptors (Lipinski definition) is 5. The zero-order chi connectivity index (χ0) is 22.1. The molecule has 2 aromatic carbocycles. The van der Waals surface area contributed by atoms with Crippen molar-refractivity contribution in [2.24, 2.45) is 0 Å². The molecule has 0 bridgehead atoms. The predicted molar refractivity (Wildman–Crippen MR) is 117 cm³/mol. The van der Waals surface area contributed by atoms with E-state index in [2.05, 4.69) is 0 Å². The van der Waals surface area contributed by atoms with E-state index in [4.69, 9.17) is 4.74 Å². The monoisotopic (exact) mass is 421 g/mol. The third-order valence-electron chi connectivity index (χ3n) is 5.90. The van der Waals surface area contributed by atoms with Crippen molar-refractivity contribution in [2.45, 2.75) is 25.5 Å². The van der Waals surface area contributed by atoms with Gasteiger partial charge in [-0.15, -0.1) is 0 Å². The van der Waals surface area contributed by atoms with E-state index in [1.54, 1.807) is 23.1 Å². The van der Waals surface area contributed by atoms with Crippen LogP contribution in [0.25, 0.3) is 0 Å². The fraction of sp³-hybridized carbons (Fsp3) is 0.375. The number of benzene rings is 2. The highest BCUT2D eigenvalue weighted by Gasteiger charge is 2.34. The standard InChI is InChI=1S/C24H27N3O4/c1-25(2)18-9-6-16(7-10-18)14-27(15-19-5-4-12-31-19)22(28)17-8-11-20-21(13-17)24(30)26(3)23(20)29/h6-11,13,19H,4-5,12,14-15H2,1-3H3. The number of ether oxygens (including phenoxy) is 1. The van der Waals surface area contributed by atoms with Gasteiger partial charge in [0.15, 0.2) is 0 Å². The van der Waals surface area contributed by atoms with Gasteiger partial charge in [0.1, 0.15) is 0 Å². The Labute approximate surface area is 182 Å². The van der Waals surface area contributed by atoms with Gasteiger partial charge in [-0.05, 0) is 48.7 Å².